The van der Waals surface area contributed by atoms with Crippen molar-refractivity contribution >= 4 is 17.7 Å². The van der Waals surface area contributed by atoms with Crippen LogP contribution in [0.2, 0.25) is 0 Å². The first kappa shape index (κ1) is 28.9. The van der Waals surface area contributed by atoms with E-state index in [2.05, 4.69) is 0 Å². The maximum absolute atomic E-state index is 14.5. The number of methoxy groups -OCH3 is 2. The van der Waals surface area contributed by atoms with Crippen molar-refractivity contribution in [3.63, 3.8) is 0 Å². The lowest BCUT2D eigenvalue weighted by Gasteiger charge is -2.38. The number of carboxylic acid groups (broad SMARTS) is 1. The quantitative estimate of drug-likeness (QED) is 0.330. The number of ether oxygens (including phenoxy) is 2. The number of Topliss-reactive ketones (excluding diaryl/α,β-unsaturated/α-hetero) is 1. The van der Waals surface area contributed by atoms with Gasteiger partial charge in [-0.2, -0.15) is 0 Å². The van der Waals surface area contributed by atoms with Crippen LogP contribution >= 0.6 is 0 Å². The molecule has 1 N–H and O–H groups in total. The number of rotatable bonds is 9. The molecule has 4 unspecified atom stereocenters. The van der Waals surface area contributed by atoms with Gasteiger partial charge in [0.15, 0.2) is 5.78 Å². The minimum atomic E-state index is -1.71. The monoisotopic (exact) mass is 543 g/mol. The van der Waals surface area contributed by atoms with Crippen LogP contribution in [0.5, 0.6) is 11.5 Å². The van der Waals surface area contributed by atoms with E-state index < -0.39 is 29.4 Å². The van der Waals surface area contributed by atoms with Crippen molar-refractivity contribution in [1.29, 1.82) is 0 Å². The van der Waals surface area contributed by atoms with Crippen LogP contribution in [0.15, 0.2) is 72.8 Å². The number of carboxylic acids is 1. The second-order valence-corrected chi connectivity index (χ2v) is 11.0. The molecule has 3 aromatic carbocycles. The highest BCUT2D eigenvalue weighted by Crippen LogP contribution is 2.57. The Bertz CT molecular complexity index is 1360. The minimum Gasteiger partial charge on any atom is -0.497 e. The Hall–Kier alpha value is -4.13. The average molecular weight is 544 g/mol. The molecule has 0 aliphatic carbocycles. The standard InChI is InChI=1S/C33H37NO6/c1-20(2)19-27(35)34-30(23-9-7-21(3)8-10-23)28(31(36)24-13-17-26(40-6)18-14-24)29(33(34,4)32(37)38)22-11-15-25(39-5)16-12-22/h7-18,20,28-30H,19H2,1-6H3,(H,37,38). The first-order chi connectivity index (χ1) is 19.0. The number of carbonyl (C=O) groups is 3. The van der Waals surface area contributed by atoms with Crippen molar-refractivity contribution < 1.29 is 29.0 Å². The normalized spacial score (nSPS) is 22.3. The second kappa shape index (κ2) is 11.5. The predicted molar refractivity (Wildman–Crippen MR) is 153 cm³/mol. The molecule has 0 aromatic heterocycles. The van der Waals surface area contributed by atoms with Gasteiger partial charge in [-0.05, 0) is 67.3 Å². The Morgan fingerprint density at radius 1 is 0.850 bits per heavy atom. The van der Waals surface area contributed by atoms with Gasteiger partial charge in [0.25, 0.3) is 0 Å². The van der Waals surface area contributed by atoms with E-state index in [1.54, 1.807) is 69.7 Å². The summed E-state index contributed by atoms with van der Waals surface area (Å²) < 4.78 is 10.6. The van der Waals surface area contributed by atoms with Gasteiger partial charge in [0.2, 0.25) is 5.91 Å². The topological polar surface area (TPSA) is 93.1 Å². The predicted octanol–water partition coefficient (Wildman–Crippen LogP) is 6.07. The van der Waals surface area contributed by atoms with E-state index in [0.29, 0.717) is 22.6 Å². The van der Waals surface area contributed by atoms with Crippen molar-refractivity contribution in [2.75, 3.05) is 14.2 Å². The molecule has 0 saturated carbocycles. The molecule has 1 aliphatic rings. The molecule has 1 aliphatic heterocycles. The second-order valence-electron chi connectivity index (χ2n) is 11.0. The number of aliphatic carboxylic acids is 1. The van der Waals surface area contributed by atoms with Gasteiger partial charge in [-0.25, -0.2) is 4.79 Å². The van der Waals surface area contributed by atoms with Gasteiger partial charge in [-0.3, -0.25) is 9.59 Å². The molecular formula is C33H37NO6. The highest BCUT2D eigenvalue weighted by molar-refractivity contribution is 6.02. The van der Waals surface area contributed by atoms with E-state index in [1.165, 1.54) is 4.90 Å². The SMILES string of the molecule is COc1ccc(C(=O)C2C(c3ccc(C)cc3)N(C(=O)CC(C)C)C(C)(C(=O)O)C2c2ccc(OC)cc2)cc1. The van der Waals surface area contributed by atoms with Crippen LogP contribution in [0.1, 0.15) is 66.2 Å². The van der Waals surface area contributed by atoms with E-state index in [9.17, 15) is 19.5 Å². The molecule has 1 amide bonds. The molecule has 1 fully saturated rings. The number of aryl methyl sites for hydroxylation is 1. The van der Waals surface area contributed by atoms with Crippen LogP contribution in [0.4, 0.5) is 0 Å². The molecular weight excluding hydrogens is 506 g/mol. The lowest BCUT2D eigenvalue weighted by Crippen LogP contribution is -2.54. The fraction of sp³-hybridized carbons (Fsp3) is 0.364. The first-order valence-corrected chi connectivity index (χ1v) is 13.5. The highest BCUT2D eigenvalue weighted by Gasteiger charge is 2.64. The van der Waals surface area contributed by atoms with Crippen molar-refractivity contribution in [3.05, 3.63) is 95.1 Å². The molecule has 3 aromatic rings. The molecule has 4 atom stereocenters. The largest absolute Gasteiger partial charge is 0.497 e. The number of nitrogens with zero attached hydrogens (tertiary/aromatic N) is 1. The summed E-state index contributed by atoms with van der Waals surface area (Å²) in [7, 11) is 3.11. The maximum atomic E-state index is 14.5. The van der Waals surface area contributed by atoms with E-state index >= 15 is 0 Å². The number of hydrogen-bond donors (Lipinski definition) is 1. The molecule has 1 heterocycles. The lowest BCUT2D eigenvalue weighted by atomic mass is 9.71. The molecule has 0 bridgehead atoms. The highest BCUT2D eigenvalue weighted by atomic mass is 16.5. The Kier molecular flexibility index (Phi) is 8.33. The lowest BCUT2D eigenvalue weighted by molar-refractivity contribution is -0.158. The fourth-order valence-corrected chi connectivity index (χ4v) is 5.93. The van der Waals surface area contributed by atoms with E-state index in [-0.39, 0.29) is 24.0 Å². The van der Waals surface area contributed by atoms with Crippen LogP contribution in [0.25, 0.3) is 0 Å². The third-order valence-corrected chi connectivity index (χ3v) is 7.94. The Morgan fingerprint density at radius 2 is 1.35 bits per heavy atom. The van der Waals surface area contributed by atoms with Crippen molar-refractivity contribution in [3.8, 4) is 11.5 Å². The summed E-state index contributed by atoms with van der Waals surface area (Å²) in [5, 5.41) is 10.9. The summed E-state index contributed by atoms with van der Waals surface area (Å²) >= 11 is 0. The number of carbonyl (C=O) groups excluding carboxylic acids is 2. The van der Waals surface area contributed by atoms with Gasteiger partial charge in [0, 0.05) is 17.9 Å². The van der Waals surface area contributed by atoms with Crippen molar-refractivity contribution in [1.82, 2.24) is 4.90 Å². The van der Waals surface area contributed by atoms with Gasteiger partial charge in [-0.15, -0.1) is 0 Å². The zero-order chi connectivity index (χ0) is 29.2. The van der Waals surface area contributed by atoms with E-state index in [1.807, 2.05) is 45.0 Å². The molecule has 0 radical (unpaired) electrons. The smallest absolute Gasteiger partial charge is 0.330 e. The first-order valence-electron chi connectivity index (χ1n) is 13.5. The van der Waals surface area contributed by atoms with Crippen LogP contribution in [-0.2, 0) is 9.59 Å². The molecule has 7 heteroatoms. The average Bonchev–Trinajstić information content (AvgIpc) is 3.23. The number of hydrogen-bond acceptors (Lipinski definition) is 5. The molecule has 210 valence electrons. The van der Waals surface area contributed by atoms with Crippen LogP contribution in [0.3, 0.4) is 0 Å². The molecule has 4 rings (SSSR count). The summed E-state index contributed by atoms with van der Waals surface area (Å²) in [6.07, 6.45) is 0.157. The minimum absolute atomic E-state index is 0.0000103. The fourth-order valence-electron chi connectivity index (χ4n) is 5.93. The third kappa shape index (κ3) is 5.20. The number of ketones is 1. The summed E-state index contributed by atoms with van der Waals surface area (Å²) in [6.45, 7) is 7.38. The number of amides is 1. The number of benzene rings is 3. The van der Waals surface area contributed by atoms with Gasteiger partial charge in [0.1, 0.15) is 17.0 Å². The van der Waals surface area contributed by atoms with Crippen LogP contribution in [-0.4, -0.2) is 47.4 Å². The summed E-state index contributed by atoms with van der Waals surface area (Å²) in [5.74, 6) is -2.19. The van der Waals surface area contributed by atoms with Crippen LogP contribution in [0, 0.1) is 18.8 Å². The zero-order valence-corrected chi connectivity index (χ0v) is 23.9. The number of likely N-dealkylation sites (tertiary alicyclic amines) is 1. The van der Waals surface area contributed by atoms with Crippen molar-refractivity contribution in [2.45, 2.75) is 51.6 Å². The Balaban J connectivity index is 2.02. The van der Waals surface area contributed by atoms with E-state index in [4.69, 9.17) is 9.47 Å². The Morgan fingerprint density at radius 3 is 1.82 bits per heavy atom. The summed E-state index contributed by atoms with van der Waals surface area (Å²) in [5.41, 5.74) is 1.11. The zero-order valence-electron chi connectivity index (χ0n) is 23.9. The molecule has 7 nitrogen and oxygen atoms in total. The van der Waals surface area contributed by atoms with Gasteiger partial charge in [-0.1, -0.05) is 55.8 Å². The van der Waals surface area contributed by atoms with E-state index in [0.717, 1.165) is 11.1 Å². The van der Waals surface area contributed by atoms with Crippen LogP contribution < -0.4 is 9.47 Å². The summed E-state index contributed by atoms with van der Waals surface area (Å²) in [4.78, 5) is 43.3. The van der Waals surface area contributed by atoms with Crippen molar-refractivity contribution in [2.24, 2.45) is 11.8 Å². The third-order valence-electron chi connectivity index (χ3n) is 7.94. The molecule has 0 spiro atoms. The molecule has 1 saturated heterocycles. The van der Waals surface area contributed by atoms with Gasteiger partial charge in [0.05, 0.1) is 26.2 Å². The maximum Gasteiger partial charge on any atom is 0.330 e. The molecule has 40 heavy (non-hydrogen) atoms. The summed E-state index contributed by atoms with van der Waals surface area (Å²) in [6, 6.07) is 20.7. The Labute approximate surface area is 235 Å². The van der Waals surface area contributed by atoms with Gasteiger partial charge >= 0.3 is 5.97 Å². The van der Waals surface area contributed by atoms with Gasteiger partial charge < -0.3 is 19.5 Å².